The van der Waals surface area contributed by atoms with E-state index in [-0.39, 0.29) is 0 Å². The molecule has 0 N–H and O–H groups in total. The highest BCUT2D eigenvalue weighted by Gasteiger charge is 2.07. The summed E-state index contributed by atoms with van der Waals surface area (Å²) in [5.41, 5.74) is 0. The molecule has 0 radical (unpaired) electrons. The van der Waals surface area contributed by atoms with Gasteiger partial charge in [0.05, 0.1) is 0 Å². The second-order valence-electron chi connectivity index (χ2n) is 2.01. The molecule has 0 aliphatic rings. The van der Waals surface area contributed by atoms with Crippen molar-refractivity contribution >= 4 is 50.4 Å². The van der Waals surface area contributed by atoms with Gasteiger partial charge in [-0.1, -0.05) is 22.7 Å². The maximum absolute atomic E-state index is 3.98. The standard InChI is InChI=1S/C5H3BrN4S3/c1-2-7-9-4(11-2)13-5-10-8-3(6)12-5/h1H3. The molecule has 2 aromatic rings. The number of aromatic nitrogens is 4. The van der Waals surface area contributed by atoms with E-state index >= 15 is 0 Å². The first-order valence-electron chi connectivity index (χ1n) is 3.21. The topological polar surface area (TPSA) is 51.6 Å². The monoisotopic (exact) mass is 294 g/mol. The van der Waals surface area contributed by atoms with Gasteiger partial charge in [-0.15, -0.1) is 20.4 Å². The van der Waals surface area contributed by atoms with Crippen molar-refractivity contribution in [1.29, 1.82) is 0 Å². The summed E-state index contributed by atoms with van der Waals surface area (Å²) >= 11 is 7.78. The molecule has 13 heavy (non-hydrogen) atoms. The van der Waals surface area contributed by atoms with E-state index in [2.05, 4.69) is 36.3 Å². The Labute approximate surface area is 94.9 Å². The molecule has 0 aliphatic carbocycles. The minimum atomic E-state index is 0.788. The molecule has 0 fully saturated rings. The van der Waals surface area contributed by atoms with Gasteiger partial charge >= 0.3 is 0 Å². The molecule has 0 bridgehead atoms. The average Bonchev–Trinajstić information content (AvgIpc) is 2.62. The van der Waals surface area contributed by atoms with Gasteiger partial charge in [-0.05, 0) is 34.6 Å². The summed E-state index contributed by atoms with van der Waals surface area (Å²) in [4.78, 5) is 0. The maximum Gasteiger partial charge on any atom is 0.184 e. The van der Waals surface area contributed by atoms with Crippen LogP contribution in [0.2, 0.25) is 0 Å². The molecule has 8 heteroatoms. The Hall–Kier alpha value is -0.0500. The molecule has 2 aromatic heterocycles. The molecule has 0 aromatic carbocycles. The lowest BCUT2D eigenvalue weighted by molar-refractivity contribution is 0.971. The third kappa shape index (κ3) is 2.46. The van der Waals surface area contributed by atoms with E-state index in [1.807, 2.05) is 6.92 Å². The fraction of sp³-hybridized carbons (Fsp3) is 0.200. The first-order chi connectivity index (χ1) is 6.24. The summed E-state index contributed by atoms with van der Waals surface area (Å²) in [6, 6.07) is 0. The predicted molar refractivity (Wildman–Crippen MR) is 56.4 cm³/mol. The van der Waals surface area contributed by atoms with Crippen LogP contribution >= 0.6 is 50.4 Å². The number of hydrogen-bond donors (Lipinski definition) is 0. The van der Waals surface area contributed by atoms with Crippen LogP contribution in [-0.4, -0.2) is 20.4 Å². The average molecular weight is 295 g/mol. The van der Waals surface area contributed by atoms with E-state index in [1.165, 1.54) is 23.1 Å². The van der Waals surface area contributed by atoms with Crippen molar-refractivity contribution in [2.75, 3.05) is 0 Å². The van der Waals surface area contributed by atoms with E-state index in [4.69, 9.17) is 0 Å². The van der Waals surface area contributed by atoms with E-state index in [0.29, 0.717) is 0 Å². The van der Waals surface area contributed by atoms with Crippen LogP contribution in [0.25, 0.3) is 0 Å². The maximum atomic E-state index is 3.98. The molecular formula is C5H3BrN4S3. The van der Waals surface area contributed by atoms with E-state index in [0.717, 1.165) is 17.6 Å². The molecule has 2 rings (SSSR count). The van der Waals surface area contributed by atoms with Gasteiger partial charge in [-0.25, -0.2) is 0 Å². The quantitative estimate of drug-likeness (QED) is 0.852. The van der Waals surface area contributed by atoms with Gasteiger partial charge < -0.3 is 0 Å². The minimum Gasteiger partial charge on any atom is -0.143 e. The highest BCUT2D eigenvalue weighted by molar-refractivity contribution is 9.11. The zero-order chi connectivity index (χ0) is 9.26. The Kier molecular flexibility index (Phi) is 2.92. The smallest absolute Gasteiger partial charge is 0.143 e. The molecule has 2 heterocycles. The molecular weight excluding hydrogens is 292 g/mol. The SMILES string of the molecule is Cc1nnc(Sc2nnc(Br)s2)s1. The van der Waals surface area contributed by atoms with Gasteiger partial charge in [0.2, 0.25) is 0 Å². The highest BCUT2D eigenvalue weighted by Crippen LogP contribution is 2.33. The Morgan fingerprint density at radius 1 is 1.08 bits per heavy atom. The van der Waals surface area contributed by atoms with Crippen molar-refractivity contribution in [3.63, 3.8) is 0 Å². The minimum absolute atomic E-state index is 0.788. The normalized spacial score (nSPS) is 10.6. The van der Waals surface area contributed by atoms with Crippen LogP contribution in [0.15, 0.2) is 12.6 Å². The van der Waals surface area contributed by atoms with E-state index in [9.17, 15) is 0 Å². The molecule has 68 valence electrons. The Morgan fingerprint density at radius 2 is 1.77 bits per heavy atom. The van der Waals surface area contributed by atoms with Crippen molar-refractivity contribution in [3.05, 3.63) is 8.92 Å². The van der Waals surface area contributed by atoms with Crippen LogP contribution in [0.1, 0.15) is 5.01 Å². The van der Waals surface area contributed by atoms with Gasteiger partial charge in [-0.3, -0.25) is 0 Å². The molecule has 0 saturated carbocycles. The lowest BCUT2D eigenvalue weighted by Crippen LogP contribution is -1.72. The summed E-state index contributed by atoms with van der Waals surface area (Å²) in [5.74, 6) is 0. The molecule has 0 atom stereocenters. The summed E-state index contributed by atoms with van der Waals surface area (Å²) in [7, 11) is 0. The zero-order valence-electron chi connectivity index (χ0n) is 6.39. The second-order valence-corrected chi connectivity index (χ2v) is 6.94. The third-order valence-electron chi connectivity index (χ3n) is 1.06. The fourth-order valence-electron chi connectivity index (χ4n) is 0.629. The van der Waals surface area contributed by atoms with Gasteiger partial charge in [0.15, 0.2) is 12.6 Å². The van der Waals surface area contributed by atoms with Crippen molar-refractivity contribution < 1.29 is 0 Å². The van der Waals surface area contributed by atoms with Crippen LogP contribution < -0.4 is 0 Å². The first kappa shape index (κ1) is 9.50. The number of aryl methyl sites for hydroxylation is 1. The molecule has 0 spiro atoms. The Morgan fingerprint density at radius 3 is 2.31 bits per heavy atom. The van der Waals surface area contributed by atoms with Gasteiger partial charge in [0, 0.05) is 0 Å². The van der Waals surface area contributed by atoms with Crippen molar-refractivity contribution in [1.82, 2.24) is 20.4 Å². The van der Waals surface area contributed by atoms with Crippen LogP contribution in [0, 0.1) is 6.92 Å². The Balaban J connectivity index is 2.14. The lowest BCUT2D eigenvalue weighted by atomic mass is 10.9. The molecule has 0 saturated heterocycles. The number of rotatable bonds is 2. The van der Waals surface area contributed by atoms with Crippen LogP contribution in [0.3, 0.4) is 0 Å². The van der Waals surface area contributed by atoms with Crippen LogP contribution in [0.4, 0.5) is 0 Å². The van der Waals surface area contributed by atoms with Gasteiger partial charge in [0.25, 0.3) is 0 Å². The summed E-state index contributed by atoms with van der Waals surface area (Å²) in [6.07, 6.45) is 0. The van der Waals surface area contributed by atoms with Crippen LogP contribution in [-0.2, 0) is 0 Å². The summed E-state index contributed by atoms with van der Waals surface area (Å²) in [6.45, 7) is 1.93. The fourth-order valence-corrected chi connectivity index (χ4v) is 4.09. The van der Waals surface area contributed by atoms with Gasteiger partial charge in [-0.2, -0.15) is 0 Å². The lowest BCUT2D eigenvalue weighted by Gasteiger charge is -1.84. The molecule has 4 nitrogen and oxygen atoms in total. The summed E-state index contributed by atoms with van der Waals surface area (Å²) in [5, 5.41) is 16.6. The van der Waals surface area contributed by atoms with Crippen molar-refractivity contribution in [2.24, 2.45) is 0 Å². The first-order valence-corrected chi connectivity index (χ1v) is 6.45. The largest absolute Gasteiger partial charge is 0.184 e. The number of nitrogens with zero attached hydrogens (tertiary/aromatic N) is 4. The molecule has 0 unspecified atom stereocenters. The Bertz CT molecular complexity index is 373. The van der Waals surface area contributed by atoms with Crippen molar-refractivity contribution in [2.45, 2.75) is 15.6 Å². The second kappa shape index (κ2) is 3.99. The van der Waals surface area contributed by atoms with E-state index in [1.54, 1.807) is 11.3 Å². The summed E-state index contributed by atoms with van der Waals surface area (Å²) < 4.78 is 2.57. The van der Waals surface area contributed by atoms with Gasteiger partial charge in [0.1, 0.15) is 5.01 Å². The number of hydrogen-bond acceptors (Lipinski definition) is 7. The predicted octanol–water partition coefficient (Wildman–Crippen LogP) is 2.61. The van der Waals surface area contributed by atoms with Crippen molar-refractivity contribution in [3.8, 4) is 0 Å². The number of halogens is 1. The molecule has 0 amide bonds. The zero-order valence-corrected chi connectivity index (χ0v) is 10.4. The third-order valence-corrected chi connectivity index (χ3v) is 4.36. The highest BCUT2D eigenvalue weighted by atomic mass is 79.9. The van der Waals surface area contributed by atoms with Crippen LogP contribution in [0.5, 0.6) is 0 Å². The van der Waals surface area contributed by atoms with E-state index < -0.39 is 0 Å². The molecule has 0 aliphatic heterocycles.